The van der Waals surface area contributed by atoms with E-state index in [1.165, 1.54) is 212 Å². The van der Waals surface area contributed by atoms with Gasteiger partial charge in [-0.3, -0.25) is 14.4 Å². The van der Waals surface area contributed by atoms with Gasteiger partial charge >= 0.3 is 17.9 Å². The maximum Gasteiger partial charge on any atom is 0.306 e. The summed E-state index contributed by atoms with van der Waals surface area (Å²) in [6.07, 6.45) is 86.5. The normalized spacial score (nSPS) is 12.5. The van der Waals surface area contributed by atoms with E-state index in [1.54, 1.807) is 0 Å². The van der Waals surface area contributed by atoms with E-state index in [1.807, 2.05) is 0 Å². The first kappa shape index (κ1) is 74.8. The van der Waals surface area contributed by atoms with Crippen molar-refractivity contribution in [3.8, 4) is 0 Å². The Kier molecular flexibility index (Phi) is 63.7. The summed E-state index contributed by atoms with van der Waals surface area (Å²) in [5, 5.41) is 0. The molecule has 0 rings (SSSR count). The number of hydrogen-bond donors (Lipinski definition) is 0. The van der Waals surface area contributed by atoms with E-state index in [9.17, 15) is 14.4 Å². The summed E-state index contributed by atoms with van der Waals surface area (Å²) in [7, 11) is 0. The molecule has 0 heterocycles. The Balaban J connectivity index is 4.19. The second-order valence-corrected chi connectivity index (χ2v) is 22.7. The molecule has 0 spiro atoms. The molecule has 0 amide bonds. The average Bonchev–Trinajstić information content (AvgIpc) is 3.44. The van der Waals surface area contributed by atoms with Crippen LogP contribution in [0, 0.1) is 0 Å². The van der Waals surface area contributed by atoms with Gasteiger partial charge < -0.3 is 14.2 Å². The van der Waals surface area contributed by atoms with Gasteiger partial charge in [-0.2, -0.15) is 0 Å². The number of esters is 3. The van der Waals surface area contributed by atoms with Crippen molar-refractivity contribution in [2.24, 2.45) is 0 Å². The van der Waals surface area contributed by atoms with Crippen molar-refractivity contribution in [2.75, 3.05) is 13.2 Å². The summed E-state index contributed by atoms with van der Waals surface area (Å²) >= 11 is 0. The van der Waals surface area contributed by atoms with Gasteiger partial charge in [-0.05, 0) is 103 Å². The predicted octanol–water partition coefficient (Wildman–Crippen LogP) is 23.3. The molecule has 0 radical (unpaired) electrons. The monoisotopic (exact) mass is 1090 g/mol. The third-order valence-electron chi connectivity index (χ3n) is 14.9. The lowest BCUT2D eigenvalue weighted by molar-refractivity contribution is -0.167. The van der Waals surface area contributed by atoms with Crippen LogP contribution in [0.5, 0.6) is 0 Å². The predicted molar refractivity (Wildman–Crippen MR) is 339 cm³/mol. The van der Waals surface area contributed by atoms with Gasteiger partial charge in [0.05, 0.1) is 0 Å². The Bertz CT molecular complexity index is 1440. The van der Waals surface area contributed by atoms with Crippen LogP contribution in [-0.4, -0.2) is 37.2 Å². The number of hydrogen-bond acceptors (Lipinski definition) is 6. The molecular weight excluding hydrogens is 961 g/mol. The zero-order chi connectivity index (χ0) is 56.4. The number of ether oxygens (including phenoxy) is 3. The highest BCUT2D eigenvalue weighted by molar-refractivity contribution is 5.71. The lowest BCUT2D eigenvalue weighted by Crippen LogP contribution is -2.30. The summed E-state index contributed by atoms with van der Waals surface area (Å²) in [5.41, 5.74) is 0. The fourth-order valence-electron chi connectivity index (χ4n) is 9.85. The van der Waals surface area contributed by atoms with Crippen molar-refractivity contribution < 1.29 is 28.6 Å². The third kappa shape index (κ3) is 63.7. The second-order valence-electron chi connectivity index (χ2n) is 22.7. The molecule has 0 aromatic carbocycles. The van der Waals surface area contributed by atoms with Crippen LogP contribution in [0.1, 0.15) is 348 Å². The molecule has 452 valence electrons. The van der Waals surface area contributed by atoms with Crippen molar-refractivity contribution >= 4 is 17.9 Å². The number of carbonyl (C=O) groups is 3. The minimum atomic E-state index is -0.779. The topological polar surface area (TPSA) is 78.9 Å². The molecule has 6 heteroatoms. The van der Waals surface area contributed by atoms with Gasteiger partial charge in [0.25, 0.3) is 0 Å². The summed E-state index contributed by atoms with van der Waals surface area (Å²) < 4.78 is 16.9. The summed E-state index contributed by atoms with van der Waals surface area (Å²) in [6, 6.07) is 0. The van der Waals surface area contributed by atoms with Crippen molar-refractivity contribution in [2.45, 2.75) is 354 Å². The van der Waals surface area contributed by atoms with Crippen LogP contribution in [0.4, 0.5) is 0 Å². The van der Waals surface area contributed by atoms with Crippen LogP contribution >= 0.6 is 0 Å². The SMILES string of the molecule is CC/C=C\C/C=C\C/C=C\C/C=C\CCCCCCCCCCCCCCC(=O)OCC(COC(=O)CCCCCCC/C=C\CCC)OC(=O)CCCCCCCCCCCCCCC/C=C\CCCCCCCCCC. The molecule has 0 saturated heterocycles. The first-order valence-electron chi connectivity index (χ1n) is 33.9. The maximum atomic E-state index is 12.9. The van der Waals surface area contributed by atoms with Gasteiger partial charge in [0, 0.05) is 19.3 Å². The molecule has 0 aliphatic heterocycles. The fourth-order valence-corrected chi connectivity index (χ4v) is 9.85. The van der Waals surface area contributed by atoms with Gasteiger partial charge in [0.15, 0.2) is 6.10 Å². The van der Waals surface area contributed by atoms with Crippen molar-refractivity contribution in [1.29, 1.82) is 0 Å². The van der Waals surface area contributed by atoms with E-state index in [0.29, 0.717) is 19.3 Å². The van der Waals surface area contributed by atoms with Crippen LogP contribution in [0.2, 0.25) is 0 Å². The van der Waals surface area contributed by atoms with Gasteiger partial charge in [-0.25, -0.2) is 0 Å². The molecule has 0 aromatic heterocycles. The molecule has 0 fully saturated rings. The van der Waals surface area contributed by atoms with E-state index in [-0.39, 0.29) is 31.1 Å². The van der Waals surface area contributed by atoms with Crippen molar-refractivity contribution in [1.82, 2.24) is 0 Å². The largest absolute Gasteiger partial charge is 0.462 e. The summed E-state index contributed by atoms with van der Waals surface area (Å²) in [4.78, 5) is 38.3. The highest BCUT2D eigenvalue weighted by Gasteiger charge is 2.19. The molecule has 1 unspecified atom stereocenters. The standard InChI is InChI=1S/C72H128O6/c1-4-7-10-13-16-19-22-24-26-28-30-32-34-36-38-40-42-44-46-48-50-53-56-59-62-65-71(74)77-68-69(67-76-70(73)64-61-58-55-52-21-18-15-12-9-6-3)78-72(75)66-63-60-57-54-51-49-47-45-43-41-39-37-35-33-31-29-27-25-23-20-17-14-11-8-5-2/h7,10,12,15-16,19,24,26,29-32,69H,4-6,8-9,11,13-14,17-18,20-23,25,27-28,33-68H2,1-3H3/b10-7-,15-12-,19-16-,26-24-,31-29-,32-30-. The summed E-state index contributed by atoms with van der Waals surface area (Å²) in [6.45, 7) is 6.50. The molecule has 0 saturated carbocycles. The number of carbonyl (C=O) groups excluding carboxylic acids is 3. The number of rotatable bonds is 62. The van der Waals surface area contributed by atoms with E-state index in [0.717, 1.165) is 96.3 Å². The Labute approximate surface area is 484 Å². The zero-order valence-corrected chi connectivity index (χ0v) is 51.9. The fraction of sp³-hybridized carbons (Fsp3) is 0.792. The van der Waals surface area contributed by atoms with E-state index in [4.69, 9.17) is 14.2 Å². The molecule has 6 nitrogen and oxygen atoms in total. The minimum absolute atomic E-state index is 0.0765. The quantitative estimate of drug-likeness (QED) is 0.0261. The molecule has 0 N–H and O–H groups in total. The Hall–Kier alpha value is -3.15. The molecule has 0 aliphatic rings. The first-order chi connectivity index (χ1) is 38.5. The van der Waals surface area contributed by atoms with Crippen molar-refractivity contribution in [3.05, 3.63) is 72.9 Å². The van der Waals surface area contributed by atoms with E-state index < -0.39 is 6.10 Å². The minimum Gasteiger partial charge on any atom is -0.462 e. The van der Waals surface area contributed by atoms with E-state index in [2.05, 4.69) is 93.7 Å². The third-order valence-corrected chi connectivity index (χ3v) is 14.9. The Morgan fingerprint density at radius 2 is 0.526 bits per heavy atom. The van der Waals surface area contributed by atoms with Crippen LogP contribution in [0.15, 0.2) is 72.9 Å². The highest BCUT2D eigenvalue weighted by atomic mass is 16.6. The number of unbranched alkanes of at least 4 members (excludes halogenated alkanes) is 39. The van der Waals surface area contributed by atoms with Crippen LogP contribution in [-0.2, 0) is 28.6 Å². The maximum absolute atomic E-state index is 12.9. The molecular formula is C72H128O6. The molecule has 78 heavy (non-hydrogen) atoms. The molecule has 1 atom stereocenters. The molecule has 0 aromatic rings. The lowest BCUT2D eigenvalue weighted by atomic mass is 10.0. The Morgan fingerprint density at radius 1 is 0.269 bits per heavy atom. The highest BCUT2D eigenvalue weighted by Crippen LogP contribution is 2.17. The molecule has 0 aliphatic carbocycles. The van der Waals surface area contributed by atoms with Gasteiger partial charge in [-0.15, -0.1) is 0 Å². The van der Waals surface area contributed by atoms with Gasteiger partial charge in [0.2, 0.25) is 0 Å². The second kappa shape index (κ2) is 66.4. The smallest absolute Gasteiger partial charge is 0.306 e. The van der Waals surface area contributed by atoms with Crippen LogP contribution in [0.3, 0.4) is 0 Å². The van der Waals surface area contributed by atoms with Gasteiger partial charge in [-0.1, -0.05) is 299 Å². The average molecular weight is 1090 g/mol. The van der Waals surface area contributed by atoms with Crippen molar-refractivity contribution in [3.63, 3.8) is 0 Å². The number of allylic oxidation sites excluding steroid dienone is 12. The Morgan fingerprint density at radius 3 is 0.846 bits per heavy atom. The van der Waals surface area contributed by atoms with Crippen LogP contribution in [0.25, 0.3) is 0 Å². The summed E-state index contributed by atoms with van der Waals surface area (Å²) in [5.74, 6) is -0.873. The lowest BCUT2D eigenvalue weighted by Gasteiger charge is -2.18. The first-order valence-corrected chi connectivity index (χ1v) is 33.9. The van der Waals surface area contributed by atoms with Crippen LogP contribution < -0.4 is 0 Å². The van der Waals surface area contributed by atoms with Gasteiger partial charge in [0.1, 0.15) is 13.2 Å². The van der Waals surface area contributed by atoms with E-state index >= 15 is 0 Å². The molecule has 0 bridgehead atoms. The zero-order valence-electron chi connectivity index (χ0n) is 51.9.